The number of nitrogens with two attached hydrogens (primary N) is 1. The first-order chi connectivity index (χ1) is 11.7. The number of nitrogens with one attached hydrogen (secondary N) is 1. The van der Waals surface area contributed by atoms with Gasteiger partial charge in [0.05, 0.1) is 13.7 Å². The van der Waals surface area contributed by atoms with Crippen LogP contribution in [0.3, 0.4) is 0 Å². The lowest BCUT2D eigenvalue weighted by Gasteiger charge is -2.19. The van der Waals surface area contributed by atoms with Crippen molar-refractivity contribution in [2.24, 2.45) is 10.7 Å². The van der Waals surface area contributed by atoms with Crippen molar-refractivity contribution in [2.45, 2.75) is 32.2 Å². The smallest absolute Gasteiger partial charge is 0.193 e. The van der Waals surface area contributed by atoms with E-state index in [1.54, 1.807) is 12.1 Å². The fourth-order valence-corrected chi connectivity index (χ4v) is 3.11. The normalized spacial score (nSPS) is 14.1. The van der Waals surface area contributed by atoms with Gasteiger partial charge in [0.25, 0.3) is 0 Å². The predicted molar refractivity (Wildman–Crippen MR) is 96.7 cm³/mol. The van der Waals surface area contributed by atoms with Gasteiger partial charge in [0.15, 0.2) is 17.5 Å². The van der Waals surface area contributed by atoms with Crippen molar-refractivity contribution in [3.05, 3.63) is 53.1 Å². The van der Waals surface area contributed by atoms with E-state index < -0.39 is 0 Å². The van der Waals surface area contributed by atoms with Gasteiger partial charge in [-0.1, -0.05) is 24.3 Å². The van der Waals surface area contributed by atoms with E-state index in [1.807, 2.05) is 18.2 Å². The van der Waals surface area contributed by atoms with Gasteiger partial charge in [-0.15, -0.1) is 0 Å². The number of aromatic hydroxyl groups is 1. The third kappa shape index (κ3) is 3.45. The van der Waals surface area contributed by atoms with Crippen molar-refractivity contribution < 1.29 is 9.84 Å². The van der Waals surface area contributed by atoms with Crippen LogP contribution in [-0.4, -0.2) is 18.2 Å². The minimum Gasteiger partial charge on any atom is -0.504 e. The van der Waals surface area contributed by atoms with E-state index in [0.29, 0.717) is 17.3 Å². The number of benzene rings is 2. The largest absolute Gasteiger partial charge is 0.504 e. The molecular weight excluding hydrogens is 302 g/mol. The highest BCUT2D eigenvalue weighted by Crippen LogP contribution is 2.30. The molecule has 0 radical (unpaired) electrons. The summed E-state index contributed by atoms with van der Waals surface area (Å²) in [6, 6.07) is 11.6. The van der Waals surface area contributed by atoms with E-state index in [4.69, 9.17) is 10.5 Å². The molecule has 0 aliphatic heterocycles. The molecule has 3 rings (SSSR count). The first-order valence-electron chi connectivity index (χ1n) is 8.21. The SMILES string of the molecule is COc1cccc(CN=C(N)Nc2cccc3c2CCCC3)c1O. The highest BCUT2D eigenvalue weighted by Gasteiger charge is 2.13. The molecule has 0 unspecified atom stereocenters. The van der Waals surface area contributed by atoms with Crippen LogP contribution in [0, 0.1) is 0 Å². The second kappa shape index (κ2) is 7.25. The zero-order chi connectivity index (χ0) is 16.9. The summed E-state index contributed by atoms with van der Waals surface area (Å²) >= 11 is 0. The van der Waals surface area contributed by atoms with Gasteiger partial charge >= 0.3 is 0 Å². The molecule has 126 valence electrons. The number of hydrogen-bond donors (Lipinski definition) is 3. The number of methoxy groups -OCH3 is 1. The van der Waals surface area contributed by atoms with Crippen LogP contribution in [0.1, 0.15) is 29.5 Å². The number of nitrogens with zero attached hydrogens (tertiary/aromatic N) is 1. The lowest BCUT2D eigenvalue weighted by molar-refractivity contribution is 0.370. The van der Waals surface area contributed by atoms with Gasteiger partial charge < -0.3 is 20.9 Å². The maximum Gasteiger partial charge on any atom is 0.193 e. The van der Waals surface area contributed by atoms with E-state index in [9.17, 15) is 5.11 Å². The number of rotatable bonds is 4. The zero-order valence-corrected chi connectivity index (χ0v) is 13.9. The topological polar surface area (TPSA) is 79.9 Å². The molecule has 0 heterocycles. The van der Waals surface area contributed by atoms with Crippen LogP contribution >= 0.6 is 0 Å². The number of anilines is 1. The van der Waals surface area contributed by atoms with Crippen molar-refractivity contribution in [1.82, 2.24) is 0 Å². The Morgan fingerprint density at radius 1 is 1.21 bits per heavy atom. The Bertz CT molecular complexity index is 756. The Morgan fingerprint density at radius 2 is 2.00 bits per heavy atom. The van der Waals surface area contributed by atoms with Crippen LogP contribution in [0.4, 0.5) is 5.69 Å². The number of aliphatic imine (C=N–C) groups is 1. The van der Waals surface area contributed by atoms with Crippen LogP contribution in [0.25, 0.3) is 0 Å². The number of para-hydroxylation sites is 1. The molecule has 0 saturated heterocycles. The zero-order valence-electron chi connectivity index (χ0n) is 13.9. The number of phenolic OH excluding ortho intramolecular Hbond substituents is 1. The standard InChI is InChI=1S/C19H23N3O2/c1-24-17-11-5-8-14(18(17)23)12-21-19(20)22-16-10-4-7-13-6-2-3-9-15(13)16/h4-5,7-8,10-11,23H,2-3,6,9,12H2,1H3,(H3,20,21,22). The summed E-state index contributed by atoms with van der Waals surface area (Å²) < 4.78 is 5.10. The Labute approximate surface area is 142 Å². The third-order valence-electron chi connectivity index (χ3n) is 4.38. The Kier molecular flexibility index (Phi) is 4.89. The molecule has 1 aliphatic carbocycles. The van der Waals surface area contributed by atoms with Gasteiger partial charge in [-0.2, -0.15) is 0 Å². The number of hydrogen-bond acceptors (Lipinski definition) is 3. The number of phenols is 1. The van der Waals surface area contributed by atoms with Crippen LogP contribution in [0.5, 0.6) is 11.5 Å². The highest BCUT2D eigenvalue weighted by molar-refractivity contribution is 5.93. The summed E-state index contributed by atoms with van der Waals surface area (Å²) in [6.07, 6.45) is 4.65. The first-order valence-corrected chi connectivity index (χ1v) is 8.21. The van der Waals surface area contributed by atoms with E-state index in [0.717, 1.165) is 18.5 Å². The summed E-state index contributed by atoms with van der Waals surface area (Å²) in [5.74, 6) is 0.885. The fraction of sp³-hybridized carbons (Fsp3) is 0.316. The van der Waals surface area contributed by atoms with Crippen LogP contribution < -0.4 is 15.8 Å². The summed E-state index contributed by atoms with van der Waals surface area (Å²) in [7, 11) is 1.52. The molecule has 24 heavy (non-hydrogen) atoms. The molecule has 0 aromatic heterocycles. The average Bonchev–Trinajstić information content (AvgIpc) is 2.61. The minimum atomic E-state index is 0.105. The molecular formula is C19H23N3O2. The number of guanidine groups is 1. The quantitative estimate of drug-likeness (QED) is 0.596. The second-order valence-electron chi connectivity index (χ2n) is 5.94. The van der Waals surface area contributed by atoms with Crippen molar-refractivity contribution in [1.29, 1.82) is 0 Å². The van der Waals surface area contributed by atoms with Gasteiger partial charge in [-0.3, -0.25) is 0 Å². The van der Waals surface area contributed by atoms with Gasteiger partial charge in [-0.05, 0) is 48.9 Å². The predicted octanol–water partition coefficient (Wildman–Crippen LogP) is 3.21. The molecule has 0 fully saturated rings. The molecule has 5 nitrogen and oxygen atoms in total. The maximum absolute atomic E-state index is 10.1. The summed E-state index contributed by atoms with van der Waals surface area (Å²) in [6.45, 7) is 0.289. The van der Waals surface area contributed by atoms with E-state index >= 15 is 0 Å². The molecule has 0 spiro atoms. The van der Waals surface area contributed by atoms with Crippen molar-refractivity contribution in [2.75, 3.05) is 12.4 Å². The number of ether oxygens (including phenoxy) is 1. The summed E-state index contributed by atoms with van der Waals surface area (Å²) in [5, 5.41) is 13.3. The Morgan fingerprint density at radius 3 is 2.83 bits per heavy atom. The van der Waals surface area contributed by atoms with Gasteiger partial charge in [0.2, 0.25) is 0 Å². The molecule has 2 aromatic rings. The fourth-order valence-electron chi connectivity index (χ4n) is 3.11. The first kappa shape index (κ1) is 16.2. The number of aryl methyl sites for hydroxylation is 1. The van der Waals surface area contributed by atoms with Gasteiger partial charge in [0.1, 0.15) is 0 Å². The molecule has 2 aromatic carbocycles. The molecule has 4 N–H and O–H groups in total. The van der Waals surface area contributed by atoms with Gasteiger partial charge in [0, 0.05) is 11.3 Å². The lowest BCUT2D eigenvalue weighted by atomic mass is 9.90. The van der Waals surface area contributed by atoms with E-state index in [2.05, 4.69) is 16.4 Å². The number of fused-ring (bicyclic) bond motifs is 1. The minimum absolute atomic E-state index is 0.105. The Balaban J connectivity index is 1.74. The lowest BCUT2D eigenvalue weighted by Crippen LogP contribution is -2.24. The molecule has 0 atom stereocenters. The summed E-state index contributed by atoms with van der Waals surface area (Å²) in [4.78, 5) is 4.34. The Hall–Kier alpha value is -2.69. The van der Waals surface area contributed by atoms with Crippen LogP contribution in [0.15, 0.2) is 41.4 Å². The molecule has 0 saturated carbocycles. The molecule has 5 heteroatoms. The monoisotopic (exact) mass is 325 g/mol. The maximum atomic E-state index is 10.1. The van der Waals surface area contributed by atoms with Crippen molar-refractivity contribution in [3.8, 4) is 11.5 Å². The third-order valence-corrected chi connectivity index (χ3v) is 4.38. The van der Waals surface area contributed by atoms with Gasteiger partial charge in [-0.25, -0.2) is 4.99 Å². The van der Waals surface area contributed by atoms with E-state index in [-0.39, 0.29) is 12.3 Å². The van der Waals surface area contributed by atoms with Crippen LogP contribution in [0.2, 0.25) is 0 Å². The van der Waals surface area contributed by atoms with E-state index in [1.165, 1.54) is 31.1 Å². The molecule has 0 amide bonds. The second-order valence-corrected chi connectivity index (χ2v) is 5.94. The highest BCUT2D eigenvalue weighted by atomic mass is 16.5. The van der Waals surface area contributed by atoms with Crippen molar-refractivity contribution in [3.63, 3.8) is 0 Å². The molecule has 1 aliphatic rings. The van der Waals surface area contributed by atoms with Crippen molar-refractivity contribution >= 4 is 11.6 Å². The average molecular weight is 325 g/mol. The van der Waals surface area contributed by atoms with Crippen LogP contribution in [-0.2, 0) is 19.4 Å². The summed E-state index contributed by atoms with van der Waals surface area (Å²) in [5.41, 5.74) is 10.5. The molecule has 0 bridgehead atoms.